The lowest BCUT2D eigenvalue weighted by molar-refractivity contribution is -0.188. The van der Waals surface area contributed by atoms with Crippen LogP contribution < -0.4 is 5.73 Å². The van der Waals surface area contributed by atoms with Gasteiger partial charge in [-0.15, -0.1) is 0 Å². The van der Waals surface area contributed by atoms with E-state index in [9.17, 15) is 5.11 Å². The molecule has 0 heterocycles. The third-order valence-electron chi connectivity index (χ3n) is 6.76. The lowest BCUT2D eigenvalue weighted by atomic mass is 9.50. The predicted octanol–water partition coefficient (Wildman–Crippen LogP) is 4.50. The van der Waals surface area contributed by atoms with Crippen LogP contribution in [0.3, 0.4) is 0 Å². The minimum atomic E-state index is -0.550. The van der Waals surface area contributed by atoms with Crippen molar-refractivity contribution in [1.82, 2.24) is 0 Å². The zero-order valence-electron chi connectivity index (χ0n) is 14.8. The summed E-state index contributed by atoms with van der Waals surface area (Å²) in [5.74, 6) is 1.15. The Hall–Kier alpha value is -0.0800. The molecule has 4 atom stereocenters. The minimum absolute atomic E-state index is 0.0374. The van der Waals surface area contributed by atoms with Gasteiger partial charge in [-0.1, -0.05) is 59.8 Å². The van der Waals surface area contributed by atoms with Crippen LogP contribution in [0.15, 0.2) is 0 Å². The smallest absolute Gasteiger partial charge is 0.0748 e. The van der Waals surface area contributed by atoms with Gasteiger partial charge in [0.1, 0.15) is 0 Å². The first-order chi connectivity index (χ1) is 9.79. The average molecular weight is 296 g/mol. The van der Waals surface area contributed by atoms with Gasteiger partial charge in [0.05, 0.1) is 5.60 Å². The third-order valence-corrected chi connectivity index (χ3v) is 6.76. The highest BCUT2D eigenvalue weighted by Gasteiger charge is 2.57. The molecular formula is C19H37NO. The summed E-state index contributed by atoms with van der Waals surface area (Å²) in [6.45, 7) is 9.87. The lowest BCUT2D eigenvalue weighted by Crippen LogP contribution is -2.62. The molecule has 0 bridgehead atoms. The summed E-state index contributed by atoms with van der Waals surface area (Å²) in [6, 6.07) is 0. The van der Waals surface area contributed by atoms with E-state index >= 15 is 0 Å². The fourth-order valence-electron chi connectivity index (χ4n) is 5.53. The van der Waals surface area contributed by atoms with Gasteiger partial charge in [0.15, 0.2) is 0 Å². The highest BCUT2D eigenvalue weighted by atomic mass is 16.3. The first-order valence-electron chi connectivity index (χ1n) is 9.21. The Balaban J connectivity index is 2.36. The average Bonchev–Trinajstić information content (AvgIpc) is 2.46. The first-order valence-corrected chi connectivity index (χ1v) is 9.21. The van der Waals surface area contributed by atoms with Gasteiger partial charge >= 0.3 is 0 Å². The van der Waals surface area contributed by atoms with Crippen molar-refractivity contribution in [3.63, 3.8) is 0 Å². The van der Waals surface area contributed by atoms with Crippen molar-refractivity contribution < 1.29 is 5.11 Å². The Labute approximate surface area is 131 Å². The molecule has 2 aliphatic carbocycles. The quantitative estimate of drug-likeness (QED) is 0.805. The zero-order valence-corrected chi connectivity index (χ0v) is 14.8. The van der Waals surface area contributed by atoms with Crippen LogP contribution in [-0.2, 0) is 0 Å². The first kappa shape index (κ1) is 17.3. The predicted molar refractivity (Wildman–Crippen MR) is 90.1 cm³/mol. The summed E-state index contributed by atoms with van der Waals surface area (Å²) in [6.07, 6.45) is 10.6. The van der Waals surface area contributed by atoms with Crippen LogP contribution in [0.1, 0.15) is 85.5 Å². The molecule has 4 unspecified atom stereocenters. The molecule has 0 aromatic rings. The molecule has 2 nitrogen and oxygen atoms in total. The van der Waals surface area contributed by atoms with Crippen molar-refractivity contribution in [2.45, 2.75) is 91.1 Å². The Morgan fingerprint density at radius 3 is 2.38 bits per heavy atom. The van der Waals surface area contributed by atoms with Gasteiger partial charge in [-0.05, 0) is 42.9 Å². The van der Waals surface area contributed by atoms with Crippen LogP contribution >= 0.6 is 0 Å². The van der Waals surface area contributed by atoms with Crippen molar-refractivity contribution in [3.05, 3.63) is 0 Å². The Bertz CT molecular complexity index is 348. The normalized spacial score (nSPS) is 42.0. The second kappa shape index (κ2) is 6.20. The molecule has 2 rings (SSSR count). The maximum atomic E-state index is 11.9. The molecule has 3 N–H and O–H groups in total. The fourth-order valence-corrected chi connectivity index (χ4v) is 5.53. The van der Waals surface area contributed by atoms with Gasteiger partial charge in [-0.3, -0.25) is 0 Å². The van der Waals surface area contributed by atoms with Crippen LogP contribution in [-0.4, -0.2) is 17.3 Å². The lowest BCUT2D eigenvalue weighted by Gasteiger charge is -2.59. The van der Waals surface area contributed by atoms with Gasteiger partial charge in [0.25, 0.3) is 0 Å². The van der Waals surface area contributed by atoms with Gasteiger partial charge in [-0.2, -0.15) is 0 Å². The molecule has 2 saturated carbocycles. The highest BCUT2D eigenvalue weighted by Crippen LogP contribution is 2.57. The molecule has 0 aromatic heterocycles. The third kappa shape index (κ3) is 3.03. The summed E-state index contributed by atoms with van der Waals surface area (Å²) < 4.78 is 0. The van der Waals surface area contributed by atoms with Gasteiger partial charge in [-0.25, -0.2) is 0 Å². The highest BCUT2D eigenvalue weighted by molar-refractivity contribution is 5.09. The van der Waals surface area contributed by atoms with Crippen LogP contribution in [0, 0.1) is 22.7 Å². The number of hydrogen-bond donors (Lipinski definition) is 2. The molecular weight excluding hydrogens is 258 g/mol. The Kier molecular flexibility index (Phi) is 5.10. The number of hydrogen-bond acceptors (Lipinski definition) is 2. The molecule has 0 amide bonds. The van der Waals surface area contributed by atoms with Crippen LogP contribution in [0.2, 0.25) is 0 Å². The van der Waals surface area contributed by atoms with E-state index < -0.39 is 5.60 Å². The molecule has 124 valence electrons. The maximum Gasteiger partial charge on any atom is 0.0748 e. The Morgan fingerprint density at radius 2 is 1.81 bits per heavy atom. The van der Waals surface area contributed by atoms with Crippen molar-refractivity contribution in [3.8, 4) is 0 Å². The molecule has 0 radical (unpaired) electrons. The SMILES string of the molecule is CCC1CCCC(CN)(C2(O)CCCCC2C(C)(C)C)C1. The van der Waals surface area contributed by atoms with Crippen LogP contribution in [0.25, 0.3) is 0 Å². The van der Waals surface area contributed by atoms with E-state index in [-0.39, 0.29) is 10.8 Å². The monoisotopic (exact) mass is 295 g/mol. The van der Waals surface area contributed by atoms with Crippen molar-refractivity contribution in [2.75, 3.05) is 6.54 Å². The molecule has 21 heavy (non-hydrogen) atoms. The van der Waals surface area contributed by atoms with E-state index in [1.54, 1.807) is 0 Å². The number of rotatable bonds is 3. The van der Waals surface area contributed by atoms with Gasteiger partial charge < -0.3 is 10.8 Å². The standard InChI is InChI=1S/C19H37NO/c1-5-15-9-8-11-18(13-15,14-20)19(21)12-7-6-10-16(19)17(2,3)4/h15-16,21H,5-14,20H2,1-4H3. The molecule has 2 heteroatoms. The summed E-state index contributed by atoms with van der Waals surface area (Å²) in [5.41, 5.74) is 5.89. The summed E-state index contributed by atoms with van der Waals surface area (Å²) in [4.78, 5) is 0. The fraction of sp³-hybridized carbons (Fsp3) is 1.00. The van der Waals surface area contributed by atoms with Crippen LogP contribution in [0.5, 0.6) is 0 Å². The van der Waals surface area contributed by atoms with Crippen molar-refractivity contribution in [1.29, 1.82) is 0 Å². The van der Waals surface area contributed by atoms with E-state index in [2.05, 4.69) is 27.7 Å². The topological polar surface area (TPSA) is 46.2 Å². The molecule has 2 fully saturated rings. The Morgan fingerprint density at radius 1 is 1.10 bits per heavy atom. The number of aliphatic hydroxyl groups is 1. The van der Waals surface area contributed by atoms with Gasteiger partial charge in [0.2, 0.25) is 0 Å². The van der Waals surface area contributed by atoms with E-state index in [1.165, 1.54) is 38.5 Å². The molecule has 2 aliphatic rings. The second-order valence-corrected chi connectivity index (χ2v) is 8.94. The molecule has 0 saturated heterocycles. The van der Waals surface area contributed by atoms with Gasteiger partial charge in [0, 0.05) is 12.0 Å². The number of nitrogens with two attached hydrogens (primary N) is 1. The van der Waals surface area contributed by atoms with E-state index in [1.807, 2.05) is 0 Å². The van der Waals surface area contributed by atoms with Crippen molar-refractivity contribution in [2.24, 2.45) is 28.4 Å². The van der Waals surface area contributed by atoms with E-state index in [4.69, 9.17) is 5.73 Å². The zero-order chi connectivity index (χ0) is 15.7. The maximum absolute atomic E-state index is 11.9. The largest absolute Gasteiger partial charge is 0.389 e. The van der Waals surface area contributed by atoms with E-state index in [0.29, 0.717) is 12.5 Å². The van der Waals surface area contributed by atoms with E-state index in [0.717, 1.165) is 25.2 Å². The van der Waals surface area contributed by atoms with Crippen LogP contribution in [0.4, 0.5) is 0 Å². The summed E-state index contributed by atoms with van der Waals surface area (Å²) in [5, 5.41) is 11.9. The summed E-state index contributed by atoms with van der Waals surface area (Å²) >= 11 is 0. The molecule has 0 spiro atoms. The molecule has 0 aromatic carbocycles. The molecule has 0 aliphatic heterocycles. The van der Waals surface area contributed by atoms with Crippen molar-refractivity contribution >= 4 is 0 Å². The second-order valence-electron chi connectivity index (χ2n) is 8.94. The summed E-state index contributed by atoms with van der Waals surface area (Å²) in [7, 11) is 0. The minimum Gasteiger partial charge on any atom is -0.389 e.